The van der Waals surface area contributed by atoms with Crippen LogP contribution in [0.15, 0.2) is 36.4 Å². The molecule has 24 heavy (non-hydrogen) atoms. The van der Waals surface area contributed by atoms with Gasteiger partial charge in [-0.1, -0.05) is 18.2 Å². The van der Waals surface area contributed by atoms with Gasteiger partial charge in [0.05, 0.1) is 7.11 Å². The number of halogens is 1. The van der Waals surface area contributed by atoms with E-state index in [0.29, 0.717) is 12.3 Å². The molecular formula is C20H24FNO2. The fraction of sp³-hybridized carbons (Fsp3) is 0.400. The first-order valence-electron chi connectivity index (χ1n) is 8.28. The second kappa shape index (κ2) is 6.44. The molecule has 1 aliphatic heterocycles. The molecule has 0 radical (unpaired) electrons. The Hall–Kier alpha value is -2.07. The maximum atomic E-state index is 14.0. The lowest BCUT2D eigenvalue weighted by molar-refractivity contribution is 0.109. The zero-order valence-corrected chi connectivity index (χ0v) is 14.5. The second-order valence-electron chi connectivity index (χ2n) is 7.05. The van der Waals surface area contributed by atoms with Crippen molar-refractivity contribution in [3.8, 4) is 11.5 Å². The van der Waals surface area contributed by atoms with Gasteiger partial charge in [0.25, 0.3) is 0 Å². The van der Waals surface area contributed by atoms with E-state index in [9.17, 15) is 9.50 Å². The largest absolute Gasteiger partial charge is 0.504 e. The standard InChI is InChI=1S/C20H24FNO2/c1-20(2,10-9-14-7-8-18(23)19(11-14)24-3)22-12-15-5-4-6-17(21)16(15)13-22/h4-8,11,23H,9-10,12-13H2,1-3H3. The van der Waals surface area contributed by atoms with Crippen LogP contribution in [-0.4, -0.2) is 22.7 Å². The molecule has 3 rings (SSSR count). The maximum Gasteiger partial charge on any atom is 0.160 e. The summed E-state index contributed by atoms with van der Waals surface area (Å²) in [6.07, 6.45) is 1.81. The third-order valence-electron chi connectivity index (χ3n) is 5.05. The minimum Gasteiger partial charge on any atom is -0.504 e. The van der Waals surface area contributed by atoms with Crippen LogP contribution in [0.25, 0.3) is 0 Å². The molecule has 0 saturated carbocycles. The van der Waals surface area contributed by atoms with Crippen LogP contribution in [0.3, 0.4) is 0 Å². The zero-order valence-electron chi connectivity index (χ0n) is 14.5. The third-order valence-corrected chi connectivity index (χ3v) is 5.05. The van der Waals surface area contributed by atoms with Crippen LogP contribution in [0, 0.1) is 5.82 Å². The minimum atomic E-state index is -0.103. The first-order chi connectivity index (χ1) is 11.4. The predicted octanol–water partition coefficient (Wildman–Crippen LogP) is 4.27. The molecule has 128 valence electrons. The molecule has 1 heterocycles. The second-order valence-corrected chi connectivity index (χ2v) is 7.05. The number of phenols is 1. The highest BCUT2D eigenvalue weighted by molar-refractivity contribution is 5.41. The van der Waals surface area contributed by atoms with E-state index >= 15 is 0 Å². The molecule has 4 heteroatoms. The van der Waals surface area contributed by atoms with Crippen LogP contribution in [0.1, 0.15) is 37.0 Å². The third kappa shape index (κ3) is 3.24. The van der Waals surface area contributed by atoms with Gasteiger partial charge in [0, 0.05) is 24.2 Å². The SMILES string of the molecule is COc1cc(CCC(C)(C)N2Cc3cccc(F)c3C2)ccc1O. The van der Waals surface area contributed by atoms with Gasteiger partial charge in [-0.2, -0.15) is 0 Å². The molecule has 1 N–H and O–H groups in total. The van der Waals surface area contributed by atoms with Crippen molar-refractivity contribution in [2.45, 2.75) is 45.3 Å². The van der Waals surface area contributed by atoms with Gasteiger partial charge < -0.3 is 9.84 Å². The maximum absolute atomic E-state index is 14.0. The van der Waals surface area contributed by atoms with Crippen LogP contribution in [0.4, 0.5) is 4.39 Å². The van der Waals surface area contributed by atoms with Gasteiger partial charge in [0.15, 0.2) is 11.5 Å². The van der Waals surface area contributed by atoms with Gasteiger partial charge in [0.1, 0.15) is 5.82 Å². The van der Waals surface area contributed by atoms with Gasteiger partial charge >= 0.3 is 0 Å². The Kier molecular flexibility index (Phi) is 4.50. The van der Waals surface area contributed by atoms with E-state index in [-0.39, 0.29) is 17.1 Å². The highest BCUT2D eigenvalue weighted by atomic mass is 19.1. The number of methoxy groups -OCH3 is 1. The highest BCUT2D eigenvalue weighted by Gasteiger charge is 2.32. The van der Waals surface area contributed by atoms with Crippen LogP contribution in [-0.2, 0) is 19.5 Å². The number of rotatable bonds is 5. The van der Waals surface area contributed by atoms with E-state index in [1.54, 1.807) is 19.2 Å². The Bertz CT molecular complexity index is 742. The molecule has 0 amide bonds. The molecule has 0 saturated heterocycles. The average molecular weight is 329 g/mol. The van der Waals surface area contributed by atoms with E-state index in [4.69, 9.17) is 4.74 Å². The van der Waals surface area contributed by atoms with Crippen molar-refractivity contribution in [1.82, 2.24) is 4.90 Å². The first-order valence-corrected chi connectivity index (χ1v) is 8.28. The lowest BCUT2D eigenvalue weighted by atomic mass is 9.93. The van der Waals surface area contributed by atoms with Crippen LogP contribution in [0.5, 0.6) is 11.5 Å². The first kappa shape index (κ1) is 16.8. The number of benzene rings is 2. The topological polar surface area (TPSA) is 32.7 Å². The monoisotopic (exact) mass is 329 g/mol. The van der Waals surface area contributed by atoms with Crippen molar-refractivity contribution in [3.05, 3.63) is 58.9 Å². The molecule has 0 atom stereocenters. The molecule has 0 aliphatic carbocycles. The lowest BCUT2D eigenvalue weighted by Crippen LogP contribution is -2.40. The van der Waals surface area contributed by atoms with E-state index < -0.39 is 0 Å². The van der Waals surface area contributed by atoms with E-state index in [2.05, 4.69) is 18.7 Å². The Morgan fingerprint density at radius 3 is 2.71 bits per heavy atom. The molecular weight excluding hydrogens is 305 g/mol. The number of hydrogen-bond donors (Lipinski definition) is 1. The van der Waals surface area contributed by atoms with Crippen molar-refractivity contribution in [1.29, 1.82) is 0 Å². The quantitative estimate of drug-likeness (QED) is 0.889. The summed E-state index contributed by atoms with van der Waals surface area (Å²) in [6.45, 7) is 5.86. The molecule has 2 aromatic carbocycles. The zero-order chi connectivity index (χ0) is 17.3. The number of fused-ring (bicyclic) bond motifs is 1. The lowest BCUT2D eigenvalue weighted by Gasteiger charge is -2.35. The molecule has 1 aliphatic rings. The van der Waals surface area contributed by atoms with Crippen LogP contribution < -0.4 is 4.74 Å². The minimum absolute atomic E-state index is 0.0451. The Labute approximate surface area is 142 Å². The van der Waals surface area contributed by atoms with Crippen molar-refractivity contribution in [3.63, 3.8) is 0 Å². The van der Waals surface area contributed by atoms with Crippen molar-refractivity contribution in [2.75, 3.05) is 7.11 Å². The fourth-order valence-corrected chi connectivity index (χ4v) is 3.29. The molecule has 0 aromatic heterocycles. The number of aryl methyl sites for hydroxylation is 1. The summed E-state index contributed by atoms with van der Waals surface area (Å²) >= 11 is 0. The Balaban J connectivity index is 1.68. The van der Waals surface area contributed by atoms with Crippen molar-refractivity contribution < 1.29 is 14.2 Å². The number of phenolic OH excluding ortho intramolecular Hbond substituents is 1. The normalized spacial score (nSPS) is 14.7. The predicted molar refractivity (Wildman–Crippen MR) is 92.7 cm³/mol. The van der Waals surface area contributed by atoms with Gasteiger partial charge in [-0.3, -0.25) is 4.90 Å². The van der Waals surface area contributed by atoms with E-state index in [1.807, 2.05) is 18.2 Å². The number of hydrogen-bond acceptors (Lipinski definition) is 3. The summed E-state index contributed by atoms with van der Waals surface area (Å²) in [5.41, 5.74) is 3.00. The number of nitrogens with zero attached hydrogens (tertiary/aromatic N) is 1. The molecule has 0 unspecified atom stereocenters. The summed E-state index contributed by atoms with van der Waals surface area (Å²) in [6, 6.07) is 10.8. The smallest absolute Gasteiger partial charge is 0.160 e. The fourth-order valence-electron chi connectivity index (χ4n) is 3.29. The molecule has 0 fully saturated rings. The van der Waals surface area contributed by atoms with Crippen LogP contribution >= 0.6 is 0 Å². The van der Waals surface area contributed by atoms with Crippen LogP contribution in [0.2, 0.25) is 0 Å². The summed E-state index contributed by atoms with van der Waals surface area (Å²) in [4.78, 5) is 2.33. The Morgan fingerprint density at radius 2 is 2.00 bits per heavy atom. The number of aromatic hydroxyl groups is 1. The molecule has 0 bridgehead atoms. The van der Waals surface area contributed by atoms with Gasteiger partial charge in [-0.15, -0.1) is 0 Å². The summed E-state index contributed by atoms with van der Waals surface area (Å²) in [5.74, 6) is 0.556. The van der Waals surface area contributed by atoms with Gasteiger partial charge in [-0.25, -0.2) is 4.39 Å². The summed E-state index contributed by atoms with van der Waals surface area (Å²) < 4.78 is 19.1. The molecule has 3 nitrogen and oxygen atoms in total. The van der Waals surface area contributed by atoms with E-state index in [1.165, 1.54) is 6.07 Å². The average Bonchev–Trinajstić information content (AvgIpc) is 3.01. The summed E-state index contributed by atoms with van der Waals surface area (Å²) in [5, 5.41) is 9.69. The Morgan fingerprint density at radius 1 is 1.21 bits per heavy atom. The van der Waals surface area contributed by atoms with Crippen molar-refractivity contribution in [2.24, 2.45) is 0 Å². The summed E-state index contributed by atoms with van der Waals surface area (Å²) in [7, 11) is 1.55. The van der Waals surface area contributed by atoms with E-state index in [0.717, 1.165) is 36.1 Å². The molecule has 2 aromatic rings. The van der Waals surface area contributed by atoms with Gasteiger partial charge in [0.2, 0.25) is 0 Å². The highest BCUT2D eigenvalue weighted by Crippen LogP contribution is 2.34. The van der Waals surface area contributed by atoms with Gasteiger partial charge in [-0.05, 0) is 56.0 Å². The van der Waals surface area contributed by atoms with Crippen molar-refractivity contribution >= 4 is 0 Å². The number of ether oxygens (including phenoxy) is 1. The molecule has 0 spiro atoms.